The molecule has 0 saturated carbocycles. The Morgan fingerprint density at radius 3 is 2.50 bits per heavy atom. The normalized spacial score (nSPS) is 20.3. The second kappa shape index (κ2) is 8.67. The first kappa shape index (κ1) is 20.4. The summed E-state index contributed by atoms with van der Waals surface area (Å²) in [5, 5.41) is 0. The van der Waals surface area contributed by atoms with E-state index < -0.39 is 11.7 Å². The van der Waals surface area contributed by atoms with Gasteiger partial charge in [-0.1, -0.05) is 50.1 Å². The fourth-order valence-electron chi connectivity index (χ4n) is 3.58. The van der Waals surface area contributed by atoms with E-state index in [9.17, 15) is 9.59 Å². The molecule has 2 amide bonds. The van der Waals surface area contributed by atoms with E-state index in [0.717, 1.165) is 24.8 Å². The van der Waals surface area contributed by atoms with E-state index >= 15 is 0 Å². The van der Waals surface area contributed by atoms with Gasteiger partial charge in [0.25, 0.3) is 0 Å². The van der Waals surface area contributed by atoms with Gasteiger partial charge < -0.3 is 9.64 Å². The Balaban J connectivity index is 2.26. The van der Waals surface area contributed by atoms with E-state index in [1.165, 1.54) is 4.90 Å². The molecule has 0 aromatic heterocycles. The summed E-state index contributed by atoms with van der Waals surface area (Å²) in [5.41, 5.74) is 0.398. The standard InChI is InChI=1S/C21H32N2O3/c1-6-7-13-17(15-22(4)5)19(24)23-18(21(2,3)26-20(23)25)14-16-11-9-8-10-12-16/h8-12,17-18H,6-7,13-15H2,1-5H3/t17-,18+/m1/s1. The average Bonchev–Trinajstić information content (AvgIpc) is 2.80. The lowest BCUT2D eigenvalue weighted by molar-refractivity contribution is -0.134. The Morgan fingerprint density at radius 1 is 1.27 bits per heavy atom. The number of amides is 2. The van der Waals surface area contributed by atoms with Gasteiger partial charge in [0, 0.05) is 6.54 Å². The van der Waals surface area contributed by atoms with Gasteiger partial charge in [-0.15, -0.1) is 0 Å². The largest absolute Gasteiger partial charge is 0.441 e. The monoisotopic (exact) mass is 360 g/mol. The molecule has 0 bridgehead atoms. The van der Waals surface area contributed by atoms with Crippen molar-refractivity contribution in [3.63, 3.8) is 0 Å². The first-order valence-corrected chi connectivity index (χ1v) is 9.51. The number of cyclic esters (lactones) is 1. The zero-order chi connectivity index (χ0) is 19.3. The van der Waals surface area contributed by atoms with Crippen LogP contribution in [0.2, 0.25) is 0 Å². The topological polar surface area (TPSA) is 49.9 Å². The van der Waals surface area contributed by atoms with Crippen LogP contribution in [0.4, 0.5) is 4.79 Å². The van der Waals surface area contributed by atoms with Crippen LogP contribution in [0.5, 0.6) is 0 Å². The third-order valence-electron chi connectivity index (χ3n) is 5.01. The molecule has 1 aromatic rings. The van der Waals surface area contributed by atoms with Crippen molar-refractivity contribution in [2.75, 3.05) is 20.6 Å². The number of nitrogens with zero attached hydrogens (tertiary/aromatic N) is 2. The maximum absolute atomic E-state index is 13.3. The van der Waals surface area contributed by atoms with Crippen molar-refractivity contribution >= 4 is 12.0 Å². The fourth-order valence-corrected chi connectivity index (χ4v) is 3.58. The first-order valence-electron chi connectivity index (χ1n) is 9.51. The number of hydrogen-bond acceptors (Lipinski definition) is 4. The highest BCUT2D eigenvalue weighted by molar-refractivity contribution is 5.95. The van der Waals surface area contributed by atoms with Gasteiger partial charge in [-0.2, -0.15) is 0 Å². The number of hydrogen-bond donors (Lipinski definition) is 0. The minimum atomic E-state index is -0.698. The molecule has 5 heteroatoms. The van der Waals surface area contributed by atoms with Crippen molar-refractivity contribution in [2.24, 2.45) is 5.92 Å². The van der Waals surface area contributed by atoms with Crippen LogP contribution in [0.3, 0.4) is 0 Å². The quantitative estimate of drug-likeness (QED) is 0.709. The molecule has 0 spiro atoms. The predicted octanol–water partition coefficient (Wildman–Crippen LogP) is 3.72. The van der Waals surface area contributed by atoms with Crippen LogP contribution in [0.15, 0.2) is 30.3 Å². The average molecular weight is 360 g/mol. The molecule has 1 aliphatic heterocycles. The van der Waals surface area contributed by atoms with E-state index in [2.05, 4.69) is 6.92 Å². The van der Waals surface area contributed by atoms with E-state index in [1.54, 1.807) is 0 Å². The van der Waals surface area contributed by atoms with Gasteiger partial charge in [-0.05, 0) is 46.3 Å². The molecule has 1 saturated heterocycles. The molecular formula is C21H32N2O3. The van der Waals surface area contributed by atoms with Crippen LogP contribution in [0.25, 0.3) is 0 Å². The molecule has 1 fully saturated rings. The van der Waals surface area contributed by atoms with E-state index in [-0.39, 0.29) is 17.9 Å². The maximum atomic E-state index is 13.3. The molecule has 0 radical (unpaired) electrons. The summed E-state index contributed by atoms with van der Waals surface area (Å²) in [5.74, 6) is -0.298. The second-order valence-corrected chi connectivity index (χ2v) is 7.99. The van der Waals surface area contributed by atoms with Crippen molar-refractivity contribution in [3.8, 4) is 0 Å². The molecule has 0 N–H and O–H groups in total. The van der Waals surface area contributed by atoms with Gasteiger partial charge >= 0.3 is 6.09 Å². The molecule has 0 aliphatic carbocycles. The highest BCUT2D eigenvalue weighted by Crippen LogP contribution is 2.33. The highest BCUT2D eigenvalue weighted by Gasteiger charge is 2.51. The summed E-state index contributed by atoms with van der Waals surface area (Å²) in [4.78, 5) is 29.2. The van der Waals surface area contributed by atoms with Gasteiger partial charge in [-0.25, -0.2) is 9.69 Å². The van der Waals surface area contributed by atoms with Crippen molar-refractivity contribution in [1.29, 1.82) is 0 Å². The molecule has 1 aliphatic rings. The number of ether oxygens (including phenoxy) is 1. The Kier molecular flexibility index (Phi) is 6.81. The van der Waals surface area contributed by atoms with E-state index in [4.69, 9.17) is 4.74 Å². The number of imide groups is 1. The van der Waals surface area contributed by atoms with Crippen LogP contribution in [0, 0.1) is 5.92 Å². The van der Waals surface area contributed by atoms with Gasteiger partial charge in [0.05, 0.1) is 12.0 Å². The lowest BCUT2D eigenvalue weighted by atomic mass is 9.90. The van der Waals surface area contributed by atoms with Crippen LogP contribution in [-0.4, -0.2) is 54.1 Å². The zero-order valence-corrected chi connectivity index (χ0v) is 16.7. The van der Waals surface area contributed by atoms with Gasteiger partial charge in [0.1, 0.15) is 5.60 Å². The van der Waals surface area contributed by atoms with Crippen LogP contribution >= 0.6 is 0 Å². The zero-order valence-electron chi connectivity index (χ0n) is 16.7. The number of rotatable bonds is 8. The van der Waals surface area contributed by atoms with Gasteiger partial charge in [0.15, 0.2) is 0 Å². The Bertz CT molecular complexity index is 613. The van der Waals surface area contributed by atoms with Gasteiger partial charge in [-0.3, -0.25) is 4.79 Å². The Hall–Kier alpha value is -1.88. The number of carbonyl (C=O) groups is 2. The minimum absolute atomic E-state index is 0.108. The second-order valence-electron chi connectivity index (χ2n) is 7.99. The number of carbonyl (C=O) groups excluding carboxylic acids is 2. The van der Waals surface area contributed by atoms with Gasteiger partial charge in [0.2, 0.25) is 5.91 Å². The van der Waals surface area contributed by atoms with Crippen LogP contribution in [-0.2, 0) is 16.0 Å². The molecule has 144 valence electrons. The lowest BCUT2D eigenvalue weighted by Crippen LogP contribution is -2.49. The van der Waals surface area contributed by atoms with Crippen LogP contribution < -0.4 is 0 Å². The molecule has 0 unspecified atom stereocenters. The summed E-state index contributed by atoms with van der Waals surface area (Å²) in [6, 6.07) is 9.67. The molecule has 2 rings (SSSR count). The molecule has 1 aromatic carbocycles. The smallest absolute Gasteiger partial charge is 0.417 e. The summed E-state index contributed by atoms with van der Waals surface area (Å²) >= 11 is 0. The SMILES string of the molecule is CCCC[C@H](CN(C)C)C(=O)N1C(=O)OC(C)(C)[C@@H]1Cc1ccccc1. The molecular weight excluding hydrogens is 328 g/mol. The van der Waals surface area contributed by atoms with Crippen molar-refractivity contribution in [3.05, 3.63) is 35.9 Å². The third-order valence-corrected chi connectivity index (χ3v) is 5.01. The Labute approximate surface area is 157 Å². The number of unbranched alkanes of at least 4 members (excludes halogenated alkanes) is 1. The first-order chi connectivity index (χ1) is 12.3. The van der Waals surface area contributed by atoms with E-state index in [0.29, 0.717) is 13.0 Å². The Morgan fingerprint density at radius 2 is 1.92 bits per heavy atom. The third kappa shape index (κ3) is 4.85. The van der Waals surface area contributed by atoms with Crippen molar-refractivity contribution < 1.29 is 14.3 Å². The lowest BCUT2D eigenvalue weighted by Gasteiger charge is -2.30. The molecule has 1 heterocycles. The molecule has 2 atom stereocenters. The minimum Gasteiger partial charge on any atom is -0.441 e. The molecule has 26 heavy (non-hydrogen) atoms. The predicted molar refractivity (Wildman–Crippen MR) is 103 cm³/mol. The summed E-state index contributed by atoms with van der Waals surface area (Å²) in [6.07, 6.45) is 2.88. The summed E-state index contributed by atoms with van der Waals surface area (Å²) in [7, 11) is 3.92. The van der Waals surface area contributed by atoms with Crippen molar-refractivity contribution in [2.45, 2.75) is 58.1 Å². The fraction of sp³-hybridized carbons (Fsp3) is 0.619. The highest BCUT2D eigenvalue weighted by atomic mass is 16.6. The molecule has 5 nitrogen and oxygen atoms in total. The van der Waals surface area contributed by atoms with Crippen LogP contribution in [0.1, 0.15) is 45.6 Å². The summed E-state index contributed by atoms with van der Waals surface area (Å²) in [6.45, 7) is 6.53. The maximum Gasteiger partial charge on any atom is 0.417 e. The van der Waals surface area contributed by atoms with E-state index in [1.807, 2.05) is 63.2 Å². The number of benzene rings is 1. The summed E-state index contributed by atoms with van der Waals surface area (Å²) < 4.78 is 5.58. The van der Waals surface area contributed by atoms with Crippen molar-refractivity contribution in [1.82, 2.24) is 9.80 Å².